The van der Waals surface area contributed by atoms with Crippen LogP contribution in [0.3, 0.4) is 0 Å². The number of nitrogens with one attached hydrogen (secondary N) is 1. The van der Waals surface area contributed by atoms with Gasteiger partial charge in [-0.25, -0.2) is 9.97 Å². The summed E-state index contributed by atoms with van der Waals surface area (Å²) < 4.78 is 7.98. The van der Waals surface area contributed by atoms with Crippen molar-refractivity contribution in [1.29, 1.82) is 0 Å². The predicted octanol–water partition coefficient (Wildman–Crippen LogP) is 1.07. The molecule has 1 atom stereocenters. The molecule has 0 aromatic carbocycles. The van der Waals surface area contributed by atoms with Gasteiger partial charge >= 0.3 is 0 Å². The van der Waals surface area contributed by atoms with Crippen LogP contribution in [0.15, 0.2) is 29.6 Å². The third-order valence-corrected chi connectivity index (χ3v) is 4.29. The summed E-state index contributed by atoms with van der Waals surface area (Å²) in [4.78, 5) is 25.1. The van der Waals surface area contributed by atoms with E-state index in [2.05, 4.69) is 31.3 Å². The quantitative estimate of drug-likeness (QED) is 0.857. The van der Waals surface area contributed by atoms with Crippen LogP contribution in [0.25, 0.3) is 0 Å². The summed E-state index contributed by atoms with van der Waals surface area (Å²) in [5.41, 5.74) is 0.717. The lowest BCUT2D eigenvalue weighted by Crippen LogP contribution is -2.32. The van der Waals surface area contributed by atoms with Crippen LogP contribution in [-0.2, 0) is 24.2 Å². The molecule has 0 spiro atoms. The topological polar surface area (TPSA) is 76.0 Å². The third-order valence-electron chi connectivity index (χ3n) is 4.29. The van der Waals surface area contributed by atoms with E-state index >= 15 is 0 Å². The van der Waals surface area contributed by atoms with E-state index < -0.39 is 0 Å². The molecule has 130 valence electrons. The number of aromatic amines is 1. The fourth-order valence-electron chi connectivity index (χ4n) is 3.17. The van der Waals surface area contributed by atoms with E-state index in [9.17, 15) is 4.79 Å². The molecule has 1 unspecified atom stereocenters. The zero-order valence-electron chi connectivity index (χ0n) is 14.1. The zero-order valence-corrected chi connectivity index (χ0v) is 14.1. The number of hydrogen-bond donors (Lipinski definition) is 1. The number of H-pyrrole nitrogens is 1. The average molecular weight is 331 g/mol. The summed E-state index contributed by atoms with van der Waals surface area (Å²) in [5, 5.41) is 0. The maximum absolute atomic E-state index is 11.4. The van der Waals surface area contributed by atoms with Gasteiger partial charge in [-0.05, 0) is 12.8 Å². The fraction of sp³-hybridized carbons (Fsp3) is 0.588. The van der Waals surface area contributed by atoms with Gasteiger partial charge in [0.05, 0.1) is 26.1 Å². The first kappa shape index (κ1) is 16.9. The summed E-state index contributed by atoms with van der Waals surface area (Å²) >= 11 is 0. The summed E-state index contributed by atoms with van der Waals surface area (Å²) in [6.45, 7) is 7.26. The lowest BCUT2D eigenvalue weighted by molar-refractivity contribution is 0.121. The first-order valence-corrected chi connectivity index (χ1v) is 8.58. The van der Waals surface area contributed by atoms with Crippen LogP contribution >= 0.6 is 0 Å². The van der Waals surface area contributed by atoms with Gasteiger partial charge in [0, 0.05) is 49.7 Å². The SMILES string of the molecule is CCCn1ccnc1CN1CCOCC(Cc2cc(=O)[nH]cn2)C1. The van der Waals surface area contributed by atoms with Crippen LogP contribution in [-0.4, -0.2) is 50.7 Å². The van der Waals surface area contributed by atoms with Gasteiger partial charge in [0.1, 0.15) is 5.82 Å². The summed E-state index contributed by atoms with van der Waals surface area (Å²) in [7, 11) is 0. The van der Waals surface area contributed by atoms with Crippen molar-refractivity contribution in [3.8, 4) is 0 Å². The minimum Gasteiger partial charge on any atom is -0.380 e. The standard InChI is InChI=1S/C17H25N5O2/c1-2-4-22-5-3-18-16(22)11-21-6-7-24-12-14(10-21)8-15-9-17(23)20-13-19-15/h3,5,9,13-14H,2,4,6-8,10-12H2,1H3,(H,19,20,23). The van der Waals surface area contributed by atoms with Gasteiger partial charge in [0.25, 0.3) is 5.56 Å². The highest BCUT2D eigenvalue weighted by Gasteiger charge is 2.21. The lowest BCUT2D eigenvalue weighted by Gasteiger charge is -2.23. The summed E-state index contributed by atoms with van der Waals surface area (Å²) in [6.07, 6.45) is 7.24. The van der Waals surface area contributed by atoms with Crippen LogP contribution in [0, 0.1) is 5.92 Å². The van der Waals surface area contributed by atoms with Crippen LogP contribution < -0.4 is 5.56 Å². The molecule has 7 nitrogen and oxygen atoms in total. The molecule has 0 bridgehead atoms. The van der Waals surface area contributed by atoms with Crippen molar-refractivity contribution in [2.75, 3.05) is 26.3 Å². The number of aromatic nitrogens is 4. The van der Waals surface area contributed by atoms with Crippen molar-refractivity contribution in [2.45, 2.75) is 32.9 Å². The van der Waals surface area contributed by atoms with E-state index in [-0.39, 0.29) is 5.56 Å². The second kappa shape index (κ2) is 8.21. The zero-order chi connectivity index (χ0) is 16.8. The molecular weight excluding hydrogens is 306 g/mol. The van der Waals surface area contributed by atoms with E-state index in [0.717, 1.165) is 57.1 Å². The van der Waals surface area contributed by atoms with Crippen molar-refractivity contribution in [3.63, 3.8) is 0 Å². The number of aryl methyl sites for hydroxylation is 1. The lowest BCUT2D eigenvalue weighted by atomic mass is 10.0. The van der Waals surface area contributed by atoms with Crippen LogP contribution in [0.4, 0.5) is 0 Å². The van der Waals surface area contributed by atoms with Gasteiger partial charge in [0.2, 0.25) is 0 Å². The Bertz CT molecular complexity index is 696. The van der Waals surface area contributed by atoms with Gasteiger partial charge in [0.15, 0.2) is 0 Å². The predicted molar refractivity (Wildman–Crippen MR) is 90.7 cm³/mol. The van der Waals surface area contributed by atoms with E-state index in [1.54, 1.807) is 6.07 Å². The normalized spacial score (nSPS) is 19.3. The van der Waals surface area contributed by atoms with Crippen molar-refractivity contribution in [3.05, 3.63) is 46.7 Å². The third kappa shape index (κ3) is 4.52. The maximum Gasteiger partial charge on any atom is 0.250 e. The Morgan fingerprint density at radius 1 is 1.42 bits per heavy atom. The highest BCUT2D eigenvalue weighted by Crippen LogP contribution is 2.14. The molecule has 1 saturated heterocycles. The number of ether oxygens (including phenoxy) is 1. The van der Waals surface area contributed by atoms with Crippen molar-refractivity contribution >= 4 is 0 Å². The number of nitrogens with zero attached hydrogens (tertiary/aromatic N) is 4. The largest absolute Gasteiger partial charge is 0.380 e. The molecule has 7 heteroatoms. The molecule has 24 heavy (non-hydrogen) atoms. The first-order chi connectivity index (χ1) is 11.7. The molecule has 0 radical (unpaired) electrons. The van der Waals surface area contributed by atoms with E-state index in [1.807, 2.05) is 12.4 Å². The minimum absolute atomic E-state index is 0.104. The van der Waals surface area contributed by atoms with Crippen LogP contribution in [0.5, 0.6) is 0 Å². The highest BCUT2D eigenvalue weighted by molar-refractivity contribution is 5.00. The maximum atomic E-state index is 11.4. The molecular formula is C17H25N5O2. The molecule has 1 N–H and O–H groups in total. The highest BCUT2D eigenvalue weighted by atomic mass is 16.5. The molecule has 1 aliphatic heterocycles. The smallest absolute Gasteiger partial charge is 0.250 e. The Morgan fingerprint density at radius 2 is 2.33 bits per heavy atom. The second-order valence-electron chi connectivity index (χ2n) is 6.32. The van der Waals surface area contributed by atoms with E-state index in [0.29, 0.717) is 12.5 Å². The number of hydrogen-bond acceptors (Lipinski definition) is 5. The minimum atomic E-state index is -0.104. The van der Waals surface area contributed by atoms with E-state index in [1.165, 1.54) is 6.33 Å². The monoisotopic (exact) mass is 331 g/mol. The molecule has 3 rings (SSSR count). The van der Waals surface area contributed by atoms with Gasteiger partial charge in [-0.15, -0.1) is 0 Å². The molecule has 0 aliphatic carbocycles. The molecule has 2 aromatic heterocycles. The summed E-state index contributed by atoms with van der Waals surface area (Å²) in [6, 6.07) is 1.57. The van der Waals surface area contributed by atoms with Gasteiger partial charge in [-0.1, -0.05) is 6.92 Å². The van der Waals surface area contributed by atoms with Crippen molar-refractivity contribution < 1.29 is 4.74 Å². The Morgan fingerprint density at radius 3 is 3.17 bits per heavy atom. The Balaban J connectivity index is 1.64. The molecule has 1 aliphatic rings. The number of imidazole rings is 1. The van der Waals surface area contributed by atoms with Gasteiger partial charge < -0.3 is 14.3 Å². The Hall–Kier alpha value is -1.99. The van der Waals surface area contributed by atoms with E-state index in [4.69, 9.17) is 4.74 Å². The van der Waals surface area contributed by atoms with Crippen molar-refractivity contribution in [1.82, 2.24) is 24.4 Å². The molecule has 2 aromatic rings. The molecule has 1 fully saturated rings. The molecule has 3 heterocycles. The van der Waals surface area contributed by atoms with Crippen LogP contribution in [0.1, 0.15) is 24.9 Å². The van der Waals surface area contributed by atoms with Crippen molar-refractivity contribution in [2.24, 2.45) is 5.92 Å². The van der Waals surface area contributed by atoms with Gasteiger partial charge in [-0.3, -0.25) is 9.69 Å². The Kier molecular flexibility index (Phi) is 5.77. The Labute approximate surface area is 141 Å². The summed E-state index contributed by atoms with van der Waals surface area (Å²) in [5.74, 6) is 1.43. The second-order valence-corrected chi connectivity index (χ2v) is 6.32. The number of rotatable bonds is 6. The van der Waals surface area contributed by atoms with Gasteiger partial charge in [-0.2, -0.15) is 0 Å². The molecule has 0 amide bonds. The molecule has 0 saturated carbocycles. The first-order valence-electron chi connectivity index (χ1n) is 8.58. The average Bonchev–Trinajstić information content (AvgIpc) is 2.86. The van der Waals surface area contributed by atoms with Crippen LogP contribution in [0.2, 0.25) is 0 Å². The fourth-order valence-corrected chi connectivity index (χ4v) is 3.17.